The van der Waals surface area contributed by atoms with Crippen LogP contribution in [0.15, 0.2) is 0 Å². The first-order valence-corrected chi connectivity index (χ1v) is 2.98. The minimum atomic E-state index is -0.362. The summed E-state index contributed by atoms with van der Waals surface area (Å²) in [4.78, 5) is 0. The maximum absolute atomic E-state index is 10.1. The Labute approximate surface area is 104 Å². The molecular formula is C5H10KNOS. The topological polar surface area (TPSA) is 35.1 Å². The summed E-state index contributed by atoms with van der Waals surface area (Å²) in [5.74, 6) is 0.488. The molecule has 0 saturated heterocycles. The van der Waals surface area contributed by atoms with Crippen molar-refractivity contribution in [3.8, 4) is 0 Å². The molecule has 0 bridgehead atoms. The van der Waals surface area contributed by atoms with Crippen LogP contribution in [0, 0.1) is 5.92 Å². The van der Waals surface area contributed by atoms with Gasteiger partial charge in [-0.2, -0.15) is 0 Å². The molecule has 0 aromatic heterocycles. The smallest absolute Gasteiger partial charge is 0.852 e. The molecule has 0 saturated carbocycles. The van der Waals surface area contributed by atoms with E-state index in [4.69, 9.17) is 0 Å². The van der Waals surface area contributed by atoms with Gasteiger partial charge in [0.15, 0.2) is 0 Å². The van der Waals surface area contributed by atoms with E-state index in [0.29, 0.717) is 12.5 Å². The molecule has 4 heteroatoms. The molecule has 0 radical (unpaired) electrons. The molecule has 0 aromatic carbocycles. The van der Waals surface area contributed by atoms with Crippen LogP contribution in [-0.2, 0) is 0 Å². The molecule has 1 N–H and O–H groups in total. The van der Waals surface area contributed by atoms with Crippen molar-refractivity contribution < 1.29 is 56.5 Å². The summed E-state index contributed by atoms with van der Waals surface area (Å²) in [5, 5.41) is 12.2. The van der Waals surface area contributed by atoms with Gasteiger partial charge in [0.2, 0.25) is 0 Å². The number of hydrogen-bond acceptors (Lipinski definition) is 2. The average molecular weight is 171 g/mol. The largest absolute Gasteiger partial charge is 1.00 e. The molecular weight excluding hydrogens is 161 g/mol. The molecule has 0 aliphatic heterocycles. The van der Waals surface area contributed by atoms with Crippen LogP contribution in [0.4, 0.5) is 0 Å². The van der Waals surface area contributed by atoms with Gasteiger partial charge in [-0.3, -0.25) is 0 Å². The molecule has 48 valence electrons. The van der Waals surface area contributed by atoms with E-state index in [0.717, 1.165) is 0 Å². The van der Waals surface area contributed by atoms with E-state index in [1.807, 2.05) is 13.8 Å². The van der Waals surface area contributed by atoms with Crippen molar-refractivity contribution in [2.24, 2.45) is 5.92 Å². The molecule has 9 heavy (non-hydrogen) atoms. The Morgan fingerprint density at radius 2 is 2.11 bits per heavy atom. The van der Waals surface area contributed by atoms with Crippen molar-refractivity contribution in [3.05, 3.63) is 0 Å². The fraction of sp³-hybridized carbons (Fsp3) is 0.800. The van der Waals surface area contributed by atoms with Crippen LogP contribution in [0.25, 0.3) is 0 Å². The van der Waals surface area contributed by atoms with Gasteiger partial charge < -0.3 is 10.4 Å². The molecule has 0 amide bonds. The number of nitrogens with one attached hydrogen (secondary N) is 1. The third kappa shape index (κ3) is 12.5. The van der Waals surface area contributed by atoms with E-state index in [1.54, 1.807) is 0 Å². The average Bonchev–Trinajstić information content (AvgIpc) is 1.61. The summed E-state index contributed by atoms with van der Waals surface area (Å²) in [7, 11) is 0. The summed E-state index contributed by atoms with van der Waals surface area (Å²) in [6.45, 7) is 4.72. The zero-order valence-electron chi connectivity index (χ0n) is 6.10. The summed E-state index contributed by atoms with van der Waals surface area (Å²) < 4.78 is 0. The minimum Gasteiger partial charge on any atom is -0.852 e. The van der Waals surface area contributed by atoms with Gasteiger partial charge in [0.05, 0.1) is 0 Å². The monoisotopic (exact) mass is 171 g/mol. The minimum absolute atomic E-state index is 0. The van der Waals surface area contributed by atoms with E-state index in [-0.39, 0.29) is 56.6 Å². The van der Waals surface area contributed by atoms with Crippen LogP contribution in [0.5, 0.6) is 0 Å². The van der Waals surface area contributed by atoms with Crippen LogP contribution >= 0.6 is 12.2 Å². The van der Waals surface area contributed by atoms with Gasteiger partial charge in [0.1, 0.15) is 0 Å². The molecule has 0 unspecified atom stereocenters. The number of thiocarbonyl (C=S) groups is 1. The quantitative estimate of drug-likeness (QED) is 0.353. The van der Waals surface area contributed by atoms with Gasteiger partial charge in [-0.25, -0.2) is 0 Å². The second-order valence-electron chi connectivity index (χ2n) is 2.06. The second-order valence-corrected chi connectivity index (χ2v) is 2.43. The third-order valence-electron chi connectivity index (χ3n) is 0.655. The van der Waals surface area contributed by atoms with Gasteiger partial charge in [-0.15, -0.1) is 0 Å². The first-order valence-electron chi connectivity index (χ1n) is 2.57. The first-order chi connectivity index (χ1) is 3.63. The van der Waals surface area contributed by atoms with Crippen molar-refractivity contribution in [2.45, 2.75) is 13.8 Å². The molecule has 0 atom stereocenters. The predicted molar refractivity (Wildman–Crippen MR) is 35.4 cm³/mol. The van der Waals surface area contributed by atoms with Gasteiger partial charge in [0, 0.05) is 11.7 Å². The molecule has 2 nitrogen and oxygen atoms in total. The van der Waals surface area contributed by atoms with Gasteiger partial charge in [-0.05, 0) is 5.92 Å². The van der Waals surface area contributed by atoms with E-state index >= 15 is 0 Å². The molecule has 0 aromatic rings. The number of rotatable bonds is 2. The SMILES string of the molecule is CC(C)CNC([O-])=S.[K+]. The summed E-state index contributed by atoms with van der Waals surface area (Å²) >= 11 is 4.25. The fourth-order valence-electron chi connectivity index (χ4n) is 0.287. The second kappa shape index (κ2) is 7.43. The Bertz CT molecular complexity index is 87.0. The molecule has 0 aliphatic carbocycles. The van der Waals surface area contributed by atoms with E-state index in [2.05, 4.69) is 17.5 Å². The Balaban J connectivity index is 0. The Morgan fingerprint density at radius 1 is 1.67 bits per heavy atom. The zero-order chi connectivity index (χ0) is 6.57. The van der Waals surface area contributed by atoms with Crippen LogP contribution in [0.3, 0.4) is 0 Å². The van der Waals surface area contributed by atoms with Crippen molar-refractivity contribution in [2.75, 3.05) is 6.54 Å². The van der Waals surface area contributed by atoms with Crippen LogP contribution < -0.4 is 61.8 Å². The van der Waals surface area contributed by atoms with E-state index in [9.17, 15) is 5.11 Å². The summed E-state index contributed by atoms with van der Waals surface area (Å²) in [6, 6.07) is 0. The fourth-order valence-corrected chi connectivity index (χ4v) is 0.371. The Morgan fingerprint density at radius 3 is 2.22 bits per heavy atom. The molecule has 0 rings (SSSR count). The maximum Gasteiger partial charge on any atom is 1.00 e. The van der Waals surface area contributed by atoms with Crippen molar-refractivity contribution >= 4 is 17.4 Å². The first kappa shape index (κ1) is 13.0. The van der Waals surface area contributed by atoms with Crippen LogP contribution in [0.2, 0.25) is 0 Å². The Hall–Kier alpha value is 1.33. The van der Waals surface area contributed by atoms with E-state index < -0.39 is 0 Å². The van der Waals surface area contributed by atoms with E-state index in [1.165, 1.54) is 0 Å². The molecule has 0 aliphatic rings. The summed E-state index contributed by atoms with van der Waals surface area (Å²) in [6.07, 6.45) is 0. The van der Waals surface area contributed by atoms with Crippen LogP contribution in [0.1, 0.15) is 13.8 Å². The van der Waals surface area contributed by atoms with Crippen LogP contribution in [-0.4, -0.2) is 11.7 Å². The Kier molecular flexibility index (Phi) is 10.7. The standard InChI is InChI=1S/C5H11NOS.K/c1-4(2)3-6-5(7)8;/h4H,3H2,1-2H3,(H2,6,7,8);/q;+1/p-1. The van der Waals surface area contributed by atoms with Gasteiger partial charge >= 0.3 is 51.4 Å². The number of hydrogen-bond donors (Lipinski definition) is 1. The normalized spacial score (nSPS) is 8.33. The van der Waals surface area contributed by atoms with Crippen molar-refractivity contribution in [1.82, 2.24) is 5.32 Å². The van der Waals surface area contributed by atoms with Gasteiger partial charge in [-0.1, -0.05) is 26.1 Å². The van der Waals surface area contributed by atoms with Gasteiger partial charge in [0.25, 0.3) is 0 Å². The molecule has 0 fully saturated rings. The van der Waals surface area contributed by atoms with Crippen molar-refractivity contribution in [3.63, 3.8) is 0 Å². The maximum atomic E-state index is 10.1. The van der Waals surface area contributed by atoms with Crippen molar-refractivity contribution in [1.29, 1.82) is 0 Å². The molecule has 0 heterocycles. The third-order valence-corrected chi connectivity index (χ3v) is 0.799. The predicted octanol–water partition coefficient (Wildman–Crippen LogP) is -3.12. The molecule has 0 spiro atoms. The summed E-state index contributed by atoms with van der Waals surface area (Å²) in [5.41, 5.74) is 0. The zero-order valence-corrected chi connectivity index (χ0v) is 10.0.